The summed E-state index contributed by atoms with van der Waals surface area (Å²) in [6.07, 6.45) is 0. The van der Waals surface area contributed by atoms with E-state index in [0.29, 0.717) is 22.3 Å². The molecule has 4 nitrogen and oxygen atoms in total. The van der Waals surface area contributed by atoms with Gasteiger partial charge in [-0.05, 0) is 57.9 Å². The summed E-state index contributed by atoms with van der Waals surface area (Å²) in [6, 6.07) is 3.32. The van der Waals surface area contributed by atoms with Crippen LogP contribution in [0.4, 0.5) is 0 Å². The highest BCUT2D eigenvalue weighted by atomic mass is 16.6. The smallest absolute Gasteiger partial charge is 0.338 e. The third kappa shape index (κ3) is 3.81. The van der Waals surface area contributed by atoms with Crippen LogP contribution in [0, 0.1) is 13.8 Å². The SMILES string of the molecule is COC(=O)c1cc(C)c(C(=O)OC(C)(C)C)cc1C. The van der Waals surface area contributed by atoms with Gasteiger partial charge in [0.1, 0.15) is 5.60 Å². The minimum absolute atomic E-state index is 0.385. The van der Waals surface area contributed by atoms with Crippen molar-refractivity contribution in [3.8, 4) is 0 Å². The summed E-state index contributed by atoms with van der Waals surface area (Å²) in [4.78, 5) is 23.6. The maximum absolute atomic E-state index is 12.0. The number of carbonyl (C=O) groups excluding carboxylic acids is 2. The van der Waals surface area contributed by atoms with Crippen molar-refractivity contribution >= 4 is 11.9 Å². The highest BCUT2D eigenvalue weighted by molar-refractivity contribution is 5.96. The molecule has 0 N–H and O–H groups in total. The Bertz CT molecular complexity index is 510. The molecule has 0 fully saturated rings. The molecule has 1 aromatic rings. The Morgan fingerprint density at radius 3 is 1.74 bits per heavy atom. The predicted molar refractivity (Wildman–Crippen MR) is 72.4 cm³/mol. The average Bonchev–Trinajstić information content (AvgIpc) is 2.28. The van der Waals surface area contributed by atoms with E-state index in [-0.39, 0.29) is 5.97 Å². The molecule has 0 saturated heterocycles. The van der Waals surface area contributed by atoms with E-state index in [4.69, 9.17) is 9.47 Å². The van der Waals surface area contributed by atoms with Crippen molar-refractivity contribution in [3.05, 3.63) is 34.4 Å². The number of hydrogen-bond donors (Lipinski definition) is 0. The molecule has 0 radical (unpaired) electrons. The van der Waals surface area contributed by atoms with Crippen molar-refractivity contribution < 1.29 is 19.1 Å². The molecule has 0 atom stereocenters. The lowest BCUT2D eigenvalue weighted by atomic mass is 10.00. The van der Waals surface area contributed by atoms with Gasteiger partial charge in [0, 0.05) is 0 Å². The van der Waals surface area contributed by atoms with E-state index in [2.05, 4.69) is 0 Å². The van der Waals surface area contributed by atoms with Crippen molar-refractivity contribution in [2.75, 3.05) is 7.11 Å². The predicted octanol–water partition coefficient (Wildman–Crippen LogP) is 3.05. The maximum Gasteiger partial charge on any atom is 0.338 e. The molecule has 0 saturated carbocycles. The standard InChI is InChI=1S/C15H20O4/c1-9-8-12(14(17)19-15(3,4)5)10(2)7-11(9)13(16)18-6/h7-8H,1-6H3. The highest BCUT2D eigenvalue weighted by Crippen LogP contribution is 2.20. The monoisotopic (exact) mass is 264 g/mol. The van der Waals surface area contributed by atoms with Crippen molar-refractivity contribution in [3.63, 3.8) is 0 Å². The van der Waals surface area contributed by atoms with E-state index in [9.17, 15) is 9.59 Å². The van der Waals surface area contributed by atoms with Gasteiger partial charge in [-0.25, -0.2) is 9.59 Å². The second-order valence-electron chi connectivity index (χ2n) is 5.48. The molecule has 0 aliphatic heterocycles. The van der Waals surface area contributed by atoms with Crippen LogP contribution in [-0.2, 0) is 9.47 Å². The van der Waals surface area contributed by atoms with Crippen LogP contribution in [0.15, 0.2) is 12.1 Å². The zero-order valence-electron chi connectivity index (χ0n) is 12.3. The normalized spacial score (nSPS) is 11.1. The Morgan fingerprint density at radius 1 is 0.947 bits per heavy atom. The number of methoxy groups -OCH3 is 1. The summed E-state index contributed by atoms with van der Waals surface area (Å²) < 4.78 is 10.0. The van der Waals surface area contributed by atoms with Gasteiger partial charge >= 0.3 is 11.9 Å². The highest BCUT2D eigenvalue weighted by Gasteiger charge is 2.21. The van der Waals surface area contributed by atoms with E-state index >= 15 is 0 Å². The summed E-state index contributed by atoms with van der Waals surface area (Å²) in [5.74, 6) is -0.791. The number of esters is 2. The molecule has 0 amide bonds. The van der Waals surface area contributed by atoms with Crippen molar-refractivity contribution in [1.29, 1.82) is 0 Å². The zero-order chi connectivity index (χ0) is 14.8. The van der Waals surface area contributed by atoms with Crippen LogP contribution in [0.1, 0.15) is 52.6 Å². The van der Waals surface area contributed by atoms with E-state index in [1.54, 1.807) is 26.0 Å². The van der Waals surface area contributed by atoms with Crippen LogP contribution in [0.5, 0.6) is 0 Å². The van der Waals surface area contributed by atoms with Gasteiger partial charge in [0.15, 0.2) is 0 Å². The fraction of sp³-hybridized carbons (Fsp3) is 0.467. The first-order valence-corrected chi connectivity index (χ1v) is 6.08. The molecule has 4 heteroatoms. The van der Waals surface area contributed by atoms with Gasteiger partial charge in [0.2, 0.25) is 0 Å². The van der Waals surface area contributed by atoms with E-state index < -0.39 is 11.6 Å². The Hall–Kier alpha value is -1.84. The van der Waals surface area contributed by atoms with Crippen molar-refractivity contribution in [2.45, 2.75) is 40.2 Å². The second kappa shape index (κ2) is 5.43. The van der Waals surface area contributed by atoms with Crippen molar-refractivity contribution in [2.24, 2.45) is 0 Å². The zero-order valence-corrected chi connectivity index (χ0v) is 12.3. The topological polar surface area (TPSA) is 52.6 Å². The summed E-state index contributed by atoms with van der Waals surface area (Å²) in [5, 5.41) is 0. The van der Waals surface area contributed by atoms with Gasteiger partial charge in [-0.1, -0.05) is 0 Å². The van der Waals surface area contributed by atoms with Crippen LogP contribution in [0.25, 0.3) is 0 Å². The fourth-order valence-corrected chi connectivity index (χ4v) is 1.70. The molecule has 0 spiro atoms. The average molecular weight is 264 g/mol. The Balaban J connectivity index is 3.16. The molecular formula is C15H20O4. The first kappa shape index (κ1) is 15.2. The quantitative estimate of drug-likeness (QED) is 0.770. The van der Waals surface area contributed by atoms with Crippen LogP contribution < -0.4 is 0 Å². The molecule has 0 aromatic heterocycles. The fourth-order valence-electron chi connectivity index (χ4n) is 1.70. The maximum atomic E-state index is 12.0. The van der Waals surface area contributed by atoms with E-state index in [1.165, 1.54) is 7.11 Å². The molecule has 0 unspecified atom stereocenters. The minimum atomic E-state index is -0.543. The number of aryl methyl sites for hydroxylation is 2. The molecule has 1 rings (SSSR count). The first-order valence-electron chi connectivity index (χ1n) is 6.08. The number of carbonyl (C=O) groups is 2. The number of rotatable bonds is 2. The Kier molecular flexibility index (Phi) is 4.35. The summed E-state index contributed by atoms with van der Waals surface area (Å²) in [5.41, 5.74) is 1.78. The van der Waals surface area contributed by atoms with Crippen LogP contribution in [-0.4, -0.2) is 24.6 Å². The van der Waals surface area contributed by atoms with Gasteiger partial charge in [0.05, 0.1) is 18.2 Å². The Morgan fingerprint density at radius 2 is 1.37 bits per heavy atom. The molecule has 0 bridgehead atoms. The molecule has 0 aliphatic rings. The van der Waals surface area contributed by atoms with Gasteiger partial charge in [-0.2, -0.15) is 0 Å². The summed E-state index contributed by atoms with van der Waals surface area (Å²) >= 11 is 0. The van der Waals surface area contributed by atoms with Gasteiger partial charge in [-0.3, -0.25) is 0 Å². The lowest BCUT2D eigenvalue weighted by molar-refractivity contribution is 0.00682. The molecular weight excluding hydrogens is 244 g/mol. The summed E-state index contributed by atoms with van der Waals surface area (Å²) in [7, 11) is 1.33. The minimum Gasteiger partial charge on any atom is -0.465 e. The van der Waals surface area contributed by atoms with E-state index in [1.807, 2.05) is 20.8 Å². The second-order valence-corrected chi connectivity index (χ2v) is 5.48. The largest absolute Gasteiger partial charge is 0.465 e. The lowest BCUT2D eigenvalue weighted by Crippen LogP contribution is -2.24. The van der Waals surface area contributed by atoms with Gasteiger partial charge in [-0.15, -0.1) is 0 Å². The van der Waals surface area contributed by atoms with Crippen LogP contribution >= 0.6 is 0 Å². The van der Waals surface area contributed by atoms with Crippen molar-refractivity contribution in [1.82, 2.24) is 0 Å². The third-order valence-corrected chi connectivity index (χ3v) is 2.60. The van der Waals surface area contributed by atoms with Crippen LogP contribution in [0.2, 0.25) is 0 Å². The van der Waals surface area contributed by atoms with Gasteiger partial charge in [0.25, 0.3) is 0 Å². The van der Waals surface area contributed by atoms with Gasteiger partial charge < -0.3 is 9.47 Å². The molecule has 0 heterocycles. The third-order valence-electron chi connectivity index (χ3n) is 2.60. The lowest BCUT2D eigenvalue weighted by Gasteiger charge is -2.20. The molecule has 19 heavy (non-hydrogen) atoms. The summed E-state index contributed by atoms with van der Waals surface area (Å²) in [6.45, 7) is 8.98. The van der Waals surface area contributed by atoms with E-state index in [0.717, 1.165) is 0 Å². The number of hydrogen-bond acceptors (Lipinski definition) is 4. The first-order chi connectivity index (χ1) is 8.65. The molecule has 1 aromatic carbocycles. The van der Waals surface area contributed by atoms with Crippen LogP contribution in [0.3, 0.4) is 0 Å². The number of ether oxygens (including phenoxy) is 2. The molecule has 104 valence electrons. The molecule has 0 aliphatic carbocycles. The Labute approximate surface area is 113 Å². The number of benzene rings is 1.